The third-order valence-electron chi connectivity index (χ3n) is 2.92. The molecule has 5 nitrogen and oxygen atoms in total. The summed E-state index contributed by atoms with van der Waals surface area (Å²) in [4.78, 5) is 28.2. The summed E-state index contributed by atoms with van der Waals surface area (Å²) in [5.74, 6) is -0.247. The Morgan fingerprint density at radius 2 is 2.10 bits per heavy atom. The zero-order valence-corrected chi connectivity index (χ0v) is 12.6. The van der Waals surface area contributed by atoms with Crippen molar-refractivity contribution in [2.24, 2.45) is 0 Å². The van der Waals surface area contributed by atoms with Crippen LogP contribution in [0.25, 0.3) is 11.3 Å². The summed E-state index contributed by atoms with van der Waals surface area (Å²) in [5.41, 5.74) is -0.284. The topological polar surface area (TPSA) is 75.8 Å². The number of aromatic nitrogens is 2. The second kappa shape index (κ2) is 5.19. The van der Waals surface area contributed by atoms with Crippen LogP contribution in [0.2, 0.25) is 10.0 Å². The van der Waals surface area contributed by atoms with Crippen molar-refractivity contribution in [2.75, 3.05) is 5.75 Å². The summed E-state index contributed by atoms with van der Waals surface area (Å²) in [5, 5.41) is 10.2. The maximum Gasteiger partial charge on any atom is 0.279 e. The number of nitrogens with zero attached hydrogens (tertiary/aromatic N) is 3. The fourth-order valence-electron chi connectivity index (χ4n) is 1.99. The lowest BCUT2D eigenvalue weighted by molar-refractivity contribution is 0.0933. The second-order valence-corrected chi connectivity index (χ2v) is 5.96. The van der Waals surface area contributed by atoms with E-state index in [1.165, 1.54) is 6.07 Å². The number of nitriles is 1. The van der Waals surface area contributed by atoms with Crippen LogP contribution >= 0.6 is 35.0 Å². The molecule has 1 aromatic heterocycles. The highest BCUT2D eigenvalue weighted by molar-refractivity contribution is 8.00. The molecule has 0 saturated carbocycles. The standard InChI is InChI=1S/C13H5Cl2N3O2S/c14-6-1-2-7(9(15)3-6)11-8(4-16)12(20)18-10(19)5-21-13(18)17-11/h1-3H,5H2. The summed E-state index contributed by atoms with van der Waals surface area (Å²) in [6, 6.07) is 6.49. The van der Waals surface area contributed by atoms with Gasteiger partial charge in [-0.3, -0.25) is 9.59 Å². The van der Waals surface area contributed by atoms with Gasteiger partial charge in [0.25, 0.3) is 5.56 Å². The first-order valence-corrected chi connectivity index (χ1v) is 7.45. The lowest BCUT2D eigenvalue weighted by Gasteiger charge is -2.08. The molecule has 0 aliphatic carbocycles. The number of benzene rings is 1. The highest BCUT2D eigenvalue weighted by Gasteiger charge is 2.27. The molecule has 3 rings (SSSR count). The predicted octanol–water partition coefficient (Wildman–Crippen LogP) is 2.83. The number of carbonyl (C=O) groups excluding carboxylic acids is 1. The van der Waals surface area contributed by atoms with Crippen molar-refractivity contribution in [2.45, 2.75) is 5.16 Å². The summed E-state index contributed by atoms with van der Waals surface area (Å²) < 4.78 is 0.927. The number of rotatable bonds is 1. The molecule has 1 aliphatic heterocycles. The number of hydrogen-bond acceptors (Lipinski definition) is 5. The molecular formula is C13H5Cl2N3O2S. The molecule has 0 atom stereocenters. The van der Waals surface area contributed by atoms with Crippen molar-refractivity contribution < 1.29 is 4.79 Å². The minimum Gasteiger partial charge on any atom is -0.273 e. The van der Waals surface area contributed by atoms with Crippen molar-refractivity contribution >= 4 is 40.9 Å². The highest BCUT2D eigenvalue weighted by atomic mass is 35.5. The highest BCUT2D eigenvalue weighted by Crippen LogP contribution is 2.32. The molecule has 0 unspecified atom stereocenters. The van der Waals surface area contributed by atoms with Crippen molar-refractivity contribution in [1.29, 1.82) is 5.26 Å². The van der Waals surface area contributed by atoms with E-state index in [1.807, 2.05) is 0 Å². The SMILES string of the molecule is N#Cc1c(-c2ccc(Cl)cc2Cl)nc2n(c1=O)C(=O)CS2. The van der Waals surface area contributed by atoms with Gasteiger partial charge < -0.3 is 0 Å². The Balaban J connectivity index is 2.35. The predicted molar refractivity (Wildman–Crippen MR) is 80.0 cm³/mol. The number of thioether (sulfide) groups is 1. The van der Waals surface area contributed by atoms with Crippen molar-refractivity contribution in [1.82, 2.24) is 9.55 Å². The van der Waals surface area contributed by atoms with Crippen LogP contribution in [0.1, 0.15) is 10.4 Å². The first kappa shape index (κ1) is 14.1. The zero-order chi connectivity index (χ0) is 15.1. The summed E-state index contributed by atoms with van der Waals surface area (Å²) in [7, 11) is 0. The van der Waals surface area contributed by atoms with Crippen LogP contribution in [-0.4, -0.2) is 21.2 Å². The Morgan fingerprint density at radius 3 is 2.76 bits per heavy atom. The lowest BCUT2D eigenvalue weighted by Crippen LogP contribution is -2.28. The monoisotopic (exact) mass is 337 g/mol. The summed E-state index contributed by atoms with van der Waals surface area (Å²) >= 11 is 13.1. The molecule has 0 fully saturated rings. The first-order valence-electron chi connectivity index (χ1n) is 5.71. The Kier molecular flexibility index (Phi) is 3.49. The minimum atomic E-state index is -0.668. The Morgan fingerprint density at radius 1 is 1.33 bits per heavy atom. The van der Waals surface area contributed by atoms with Crippen molar-refractivity contribution in [3.8, 4) is 17.3 Å². The molecule has 0 N–H and O–H groups in total. The molecule has 0 bridgehead atoms. The van der Waals surface area contributed by atoms with Gasteiger partial charge in [-0.1, -0.05) is 35.0 Å². The molecule has 2 aromatic rings. The van der Waals surface area contributed by atoms with Gasteiger partial charge in [0.05, 0.1) is 16.5 Å². The second-order valence-electron chi connectivity index (χ2n) is 4.18. The van der Waals surface area contributed by atoms with Crippen LogP contribution in [0, 0.1) is 11.3 Å². The van der Waals surface area contributed by atoms with E-state index in [1.54, 1.807) is 18.2 Å². The van der Waals surface area contributed by atoms with E-state index in [0.29, 0.717) is 10.6 Å². The van der Waals surface area contributed by atoms with Crippen LogP contribution < -0.4 is 5.56 Å². The number of hydrogen-bond donors (Lipinski definition) is 0. The summed E-state index contributed by atoms with van der Waals surface area (Å²) in [6.45, 7) is 0. The molecule has 104 valence electrons. The molecule has 0 spiro atoms. The molecule has 1 aliphatic rings. The van der Waals surface area contributed by atoms with E-state index < -0.39 is 5.56 Å². The third kappa shape index (κ3) is 2.23. The van der Waals surface area contributed by atoms with E-state index in [0.717, 1.165) is 16.3 Å². The molecule has 0 radical (unpaired) electrons. The summed E-state index contributed by atoms with van der Waals surface area (Å²) in [6.07, 6.45) is 0. The van der Waals surface area contributed by atoms with Gasteiger partial charge in [-0.2, -0.15) is 5.26 Å². The Bertz CT molecular complexity index is 886. The number of fused-ring (bicyclic) bond motifs is 1. The van der Waals surface area contributed by atoms with Crippen LogP contribution in [0.4, 0.5) is 0 Å². The number of carbonyl (C=O) groups is 1. The van der Waals surface area contributed by atoms with Crippen LogP contribution in [-0.2, 0) is 0 Å². The Hall–Kier alpha value is -1.81. The van der Waals surface area contributed by atoms with Gasteiger partial charge in [0.2, 0.25) is 5.91 Å². The van der Waals surface area contributed by atoms with E-state index in [2.05, 4.69) is 4.98 Å². The van der Waals surface area contributed by atoms with Gasteiger partial charge in [0, 0.05) is 10.6 Å². The molecule has 8 heteroatoms. The lowest BCUT2D eigenvalue weighted by atomic mass is 10.1. The normalized spacial score (nSPS) is 13.1. The third-order valence-corrected chi connectivity index (χ3v) is 4.40. The van der Waals surface area contributed by atoms with Crippen LogP contribution in [0.3, 0.4) is 0 Å². The minimum absolute atomic E-state index is 0.130. The van der Waals surface area contributed by atoms with E-state index in [9.17, 15) is 14.9 Å². The van der Waals surface area contributed by atoms with Gasteiger partial charge >= 0.3 is 0 Å². The number of halogens is 2. The zero-order valence-electron chi connectivity index (χ0n) is 10.3. The maximum absolute atomic E-state index is 12.3. The molecule has 2 heterocycles. The quantitative estimate of drug-likeness (QED) is 0.748. The largest absolute Gasteiger partial charge is 0.279 e. The molecule has 21 heavy (non-hydrogen) atoms. The smallest absolute Gasteiger partial charge is 0.273 e. The first-order chi connectivity index (χ1) is 10.0. The van der Waals surface area contributed by atoms with E-state index in [4.69, 9.17) is 23.2 Å². The maximum atomic E-state index is 12.3. The fourth-order valence-corrected chi connectivity index (χ4v) is 3.34. The Labute approximate surface area is 133 Å². The molecular weight excluding hydrogens is 333 g/mol. The van der Waals surface area contributed by atoms with Gasteiger partial charge in [0.1, 0.15) is 11.6 Å². The average Bonchev–Trinajstić information content (AvgIpc) is 2.80. The van der Waals surface area contributed by atoms with Crippen LogP contribution in [0.5, 0.6) is 0 Å². The molecule has 0 amide bonds. The molecule has 1 aromatic carbocycles. The average molecular weight is 338 g/mol. The van der Waals surface area contributed by atoms with Gasteiger partial charge in [-0.05, 0) is 18.2 Å². The van der Waals surface area contributed by atoms with Gasteiger partial charge in [-0.25, -0.2) is 9.55 Å². The van der Waals surface area contributed by atoms with E-state index >= 15 is 0 Å². The van der Waals surface area contributed by atoms with Crippen molar-refractivity contribution in [3.63, 3.8) is 0 Å². The van der Waals surface area contributed by atoms with Gasteiger partial charge in [-0.15, -0.1) is 0 Å². The van der Waals surface area contributed by atoms with E-state index in [-0.39, 0.29) is 33.1 Å². The fraction of sp³-hybridized carbons (Fsp3) is 0.0769. The van der Waals surface area contributed by atoms with Crippen molar-refractivity contribution in [3.05, 3.63) is 44.2 Å². The molecule has 0 saturated heterocycles. The van der Waals surface area contributed by atoms with Crippen LogP contribution in [0.15, 0.2) is 28.2 Å². The van der Waals surface area contributed by atoms with Gasteiger partial charge in [0.15, 0.2) is 5.16 Å².